The van der Waals surface area contributed by atoms with E-state index in [1.54, 1.807) is 7.11 Å². The molecule has 0 spiro atoms. The van der Waals surface area contributed by atoms with Crippen LogP contribution >= 0.6 is 0 Å². The Bertz CT molecular complexity index is 597. The number of dihydropyridines is 1. The minimum absolute atomic E-state index is 0.301. The summed E-state index contributed by atoms with van der Waals surface area (Å²) in [6, 6.07) is 4.11. The number of rotatable bonds is 1. The summed E-state index contributed by atoms with van der Waals surface area (Å²) < 4.78 is 5.09. The van der Waals surface area contributed by atoms with Gasteiger partial charge < -0.3 is 9.72 Å². The fourth-order valence-electron chi connectivity index (χ4n) is 2.14. The topological polar surface area (TPSA) is 50.3 Å². The third-order valence-corrected chi connectivity index (χ3v) is 3.02. The highest BCUT2D eigenvalue weighted by molar-refractivity contribution is 5.89. The number of H-pyrrole nitrogens is 1. The molecule has 0 amide bonds. The zero-order chi connectivity index (χ0) is 11.7. The van der Waals surface area contributed by atoms with Crippen LogP contribution < -0.4 is 0 Å². The first-order valence-corrected chi connectivity index (χ1v) is 5.57. The molecular weight excluding hydrogens is 214 g/mol. The lowest BCUT2D eigenvalue weighted by Crippen LogP contribution is -2.10. The van der Waals surface area contributed by atoms with Gasteiger partial charge in [0.15, 0.2) is 0 Å². The Morgan fingerprint density at radius 2 is 2.35 bits per heavy atom. The summed E-state index contributed by atoms with van der Waals surface area (Å²) in [6.45, 7) is 0.726. The fourth-order valence-corrected chi connectivity index (χ4v) is 2.14. The van der Waals surface area contributed by atoms with Crippen molar-refractivity contribution in [3.8, 4) is 0 Å². The van der Waals surface area contributed by atoms with E-state index in [1.165, 1.54) is 10.9 Å². The molecule has 3 rings (SSSR count). The maximum absolute atomic E-state index is 5.09. The number of aromatic nitrogens is 2. The van der Waals surface area contributed by atoms with Gasteiger partial charge in [-0.25, -0.2) is 4.98 Å². The summed E-state index contributed by atoms with van der Waals surface area (Å²) in [4.78, 5) is 11.8. The van der Waals surface area contributed by atoms with Crippen LogP contribution in [-0.4, -0.2) is 29.5 Å². The van der Waals surface area contributed by atoms with E-state index in [4.69, 9.17) is 4.74 Å². The molecule has 0 fully saturated rings. The quantitative estimate of drug-likeness (QED) is 0.812. The fraction of sp³-hybridized carbons (Fsp3) is 0.231. The molecule has 0 radical (unpaired) electrons. The predicted molar refractivity (Wildman–Crippen MR) is 67.3 cm³/mol. The highest BCUT2D eigenvalue weighted by Crippen LogP contribution is 2.26. The first kappa shape index (κ1) is 10.1. The first-order chi connectivity index (χ1) is 8.38. The third-order valence-electron chi connectivity index (χ3n) is 3.02. The molecule has 2 aromatic rings. The smallest absolute Gasteiger partial charge is 0.207 e. The molecule has 0 aliphatic carbocycles. The molecule has 17 heavy (non-hydrogen) atoms. The average molecular weight is 227 g/mol. The number of fused-ring (bicyclic) bond motifs is 1. The van der Waals surface area contributed by atoms with Crippen LogP contribution in [0.2, 0.25) is 0 Å². The van der Waals surface area contributed by atoms with Gasteiger partial charge in [0, 0.05) is 23.7 Å². The van der Waals surface area contributed by atoms with Gasteiger partial charge in [0.25, 0.3) is 0 Å². The van der Waals surface area contributed by atoms with Crippen LogP contribution in [0.5, 0.6) is 0 Å². The Hall–Kier alpha value is -2.10. The van der Waals surface area contributed by atoms with Crippen LogP contribution in [-0.2, 0) is 4.74 Å². The number of aromatic amines is 1. The van der Waals surface area contributed by atoms with Crippen molar-refractivity contribution in [1.29, 1.82) is 0 Å². The maximum atomic E-state index is 5.09. The summed E-state index contributed by atoms with van der Waals surface area (Å²) in [5, 5.41) is 1.17. The number of nitrogens with one attached hydrogen (secondary N) is 1. The maximum Gasteiger partial charge on any atom is 0.207 e. The van der Waals surface area contributed by atoms with Crippen LogP contribution in [0, 0.1) is 0 Å². The van der Waals surface area contributed by atoms with Gasteiger partial charge in [-0.3, -0.25) is 4.99 Å². The molecule has 1 aliphatic rings. The van der Waals surface area contributed by atoms with Crippen LogP contribution in [0.1, 0.15) is 11.5 Å². The molecule has 0 aromatic carbocycles. The second-order valence-electron chi connectivity index (χ2n) is 3.99. The molecule has 4 heteroatoms. The van der Waals surface area contributed by atoms with Gasteiger partial charge >= 0.3 is 0 Å². The van der Waals surface area contributed by atoms with Crippen molar-refractivity contribution in [3.05, 3.63) is 42.2 Å². The Kier molecular flexibility index (Phi) is 2.40. The Morgan fingerprint density at radius 3 is 3.12 bits per heavy atom. The van der Waals surface area contributed by atoms with Crippen molar-refractivity contribution in [1.82, 2.24) is 9.97 Å². The third kappa shape index (κ3) is 1.71. The zero-order valence-electron chi connectivity index (χ0n) is 9.55. The lowest BCUT2D eigenvalue weighted by Gasteiger charge is -2.15. The lowest BCUT2D eigenvalue weighted by molar-refractivity contribution is 0.402. The summed E-state index contributed by atoms with van der Waals surface area (Å²) in [7, 11) is 1.64. The molecule has 3 heterocycles. The monoisotopic (exact) mass is 227 g/mol. The molecule has 1 N–H and O–H groups in total. The molecule has 2 aromatic heterocycles. The first-order valence-electron chi connectivity index (χ1n) is 5.57. The lowest BCUT2D eigenvalue weighted by atomic mass is 9.96. The van der Waals surface area contributed by atoms with Crippen LogP contribution in [0.3, 0.4) is 0 Å². The van der Waals surface area contributed by atoms with Crippen molar-refractivity contribution < 1.29 is 4.74 Å². The zero-order valence-corrected chi connectivity index (χ0v) is 9.55. The highest BCUT2D eigenvalue weighted by atomic mass is 16.5. The summed E-state index contributed by atoms with van der Waals surface area (Å²) >= 11 is 0. The predicted octanol–water partition coefficient (Wildman–Crippen LogP) is 2.26. The summed E-state index contributed by atoms with van der Waals surface area (Å²) in [5.74, 6) is 0.996. The molecule has 0 bridgehead atoms. The van der Waals surface area contributed by atoms with Gasteiger partial charge in [-0.2, -0.15) is 0 Å². The van der Waals surface area contributed by atoms with Crippen molar-refractivity contribution in [2.24, 2.45) is 4.99 Å². The largest absolute Gasteiger partial charge is 0.481 e. The second-order valence-corrected chi connectivity index (χ2v) is 3.99. The molecule has 0 saturated heterocycles. The van der Waals surface area contributed by atoms with E-state index in [9.17, 15) is 0 Å². The van der Waals surface area contributed by atoms with Gasteiger partial charge in [-0.05, 0) is 23.8 Å². The number of pyridine rings is 1. The van der Waals surface area contributed by atoms with Gasteiger partial charge in [0.05, 0.1) is 13.7 Å². The standard InChI is InChI=1S/C13H13N3O/c1-17-12-3-2-9(8-16-12)10-4-6-14-13-11(10)5-7-15-13/h2-7,9H,8H2,1H3,(H,14,15). The molecular formula is C13H13N3O. The average Bonchev–Trinajstić information content (AvgIpc) is 2.87. The van der Waals surface area contributed by atoms with E-state index >= 15 is 0 Å². The number of nitrogens with zero attached hydrogens (tertiary/aromatic N) is 2. The number of ether oxygens (including phenoxy) is 1. The number of methoxy groups -OCH3 is 1. The van der Waals surface area contributed by atoms with E-state index in [0.29, 0.717) is 11.8 Å². The molecule has 1 aliphatic heterocycles. The Morgan fingerprint density at radius 1 is 1.41 bits per heavy atom. The van der Waals surface area contributed by atoms with Gasteiger partial charge in [-0.15, -0.1) is 0 Å². The molecule has 1 unspecified atom stereocenters. The van der Waals surface area contributed by atoms with Crippen LogP contribution in [0.4, 0.5) is 0 Å². The molecule has 1 atom stereocenters. The normalized spacial score (nSPS) is 19.4. The number of aliphatic imine (C=N–C) groups is 1. The Balaban J connectivity index is 1.98. The SMILES string of the molecule is COC1=NCC(c2ccnc3[nH]ccc23)C=C1. The van der Waals surface area contributed by atoms with Gasteiger partial charge in [0.2, 0.25) is 5.90 Å². The minimum Gasteiger partial charge on any atom is -0.481 e. The van der Waals surface area contributed by atoms with Crippen molar-refractivity contribution in [3.63, 3.8) is 0 Å². The molecule has 0 saturated carbocycles. The van der Waals surface area contributed by atoms with Crippen LogP contribution in [0.15, 0.2) is 41.7 Å². The highest BCUT2D eigenvalue weighted by Gasteiger charge is 2.15. The van der Waals surface area contributed by atoms with Crippen molar-refractivity contribution in [2.45, 2.75) is 5.92 Å². The van der Waals surface area contributed by atoms with Gasteiger partial charge in [-0.1, -0.05) is 6.08 Å². The van der Waals surface area contributed by atoms with E-state index in [1.807, 2.05) is 18.5 Å². The summed E-state index contributed by atoms with van der Waals surface area (Å²) in [6.07, 6.45) is 7.80. The second kappa shape index (κ2) is 4.05. The number of hydrogen-bond acceptors (Lipinski definition) is 3. The van der Waals surface area contributed by atoms with Crippen molar-refractivity contribution in [2.75, 3.05) is 13.7 Å². The van der Waals surface area contributed by atoms with E-state index < -0.39 is 0 Å². The van der Waals surface area contributed by atoms with Crippen LogP contribution in [0.25, 0.3) is 11.0 Å². The summed E-state index contributed by atoms with van der Waals surface area (Å²) in [5.41, 5.74) is 2.18. The number of hydrogen-bond donors (Lipinski definition) is 1. The minimum atomic E-state index is 0.301. The van der Waals surface area contributed by atoms with E-state index in [0.717, 1.165) is 12.2 Å². The van der Waals surface area contributed by atoms with E-state index in [2.05, 4.69) is 33.2 Å². The Labute approximate surface area is 99.0 Å². The van der Waals surface area contributed by atoms with E-state index in [-0.39, 0.29) is 0 Å². The molecule has 4 nitrogen and oxygen atoms in total. The van der Waals surface area contributed by atoms with Crippen molar-refractivity contribution >= 4 is 16.9 Å². The molecule has 86 valence electrons. The van der Waals surface area contributed by atoms with Gasteiger partial charge in [0.1, 0.15) is 5.65 Å².